The maximum atomic E-state index is 12.7. The Hall–Kier alpha value is -3.91. The SMILES string of the molecule is CCOC(=O)c1cnn(-c2ccc3ccccc3n2)c1NC(=O)CCOc1ccc(Cl)cc1. The number of pyridine rings is 1. The zero-order valence-corrected chi connectivity index (χ0v) is 18.6. The maximum absolute atomic E-state index is 12.7. The quantitative estimate of drug-likeness (QED) is 0.381. The molecule has 4 rings (SSSR count). The summed E-state index contributed by atoms with van der Waals surface area (Å²) in [5, 5.41) is 8.60. The third-order valence-electron chi connectivity index (χ3n) is 4.73. The second kappa shape index (κ2) is 10.1. The molecule has 9 heteroatoms. The number of hydrogen-bond acceptors (Lipinski definition) is 6. The summed E-state index contributed by atoms with van der Waals surface area (Å²) in [4.78, 5) is 29.7. The van der Waals surface area contributed by atoms with E-state index < -0.39 is 5.97 Å². The number of ether oxygens (including phenoxy) is 2. The Bertz CT molecular complexity index is 1290. The van der Waals surface area contributed by atoms with E-state index in [1.807, 2.05) is 30.3 Å². The second-order valence-electron chi connectivity index (χ2n) is 7.00. The number of carbonyl (C=O) groups excluding carboxylic acids is 2. The van der Waals surface area contributed by atoms with Crippen LogP contribution in [0.4, 0.5) is 5.82 Å². The Morgan fingerprint density at radius 3 is 2.64 bits per heavy atom. The number of anilines is 1. The molecule has 1 amide bonds. The Balaban J connectivity index is 1.55. The van der Waals surface area contributed by atoms with Crippen LogP contribution in [0.1, 0.15) is 23.7 Å². The van der Waals surface area contributed by atoms with Gasteiger partial charge in [-0.05, 0) is 49.4 Å². The number of aromatic nitrogens is 3. The zero-order chi connectivity index (χ0) is 23.2. The second-order valence-corrected chi connectivity index (χ2v) is 7.44. The van der Waals surface area contributed by atoms with Gasteiger partial charge in [-0.3, -0.25) is 4.79 Å². The van der Waals surface area contributed by atoms with Gasteiger partial charge in [0.2, 0.25) is 5.91 Å². The highest BCUT2D eigenvalue weighted by Crippen LogP contribution is 2.23. The van der Waals surface area contributed by atoms with Gasteiger partial charge in [-0.25, -0.2) is 9.78 Å². The molecule has 0 atom stereocenters. The summed E-state index contributed by atoms with van der Waals surface area (Å²) < 4.78 is 12.1. The fraction of sp³-hybridized carbons (Fsp3) is 0.167. The number of amides is 1. The minimum atomic E-state index is -0.586. The normalized spacial score (nSPS) is 10.7. The topological polar surface area (TPSA) is 95.3 Å². The Labute approximate surface area is 195 Å². The van der Waals surface area contributed by atoms with Crippen molar-refractivity contribution < 1.29 is 19.1 Å². The third-order valence-corrected chi connectivity index (χ3v) is 4.99. The van der Waals surface area contributed by atoms with Crippen LogP contribution in [0.15, 0.2) is 66.9 Å². The number of esters is 1. The van der Waals surface area contributed by atoms with Crippen LogP contribution in [0, 0.1) is 0 Å². The average Bonchev–Trinajstić information content (AvgIpc) is 3.23. The number of benzene rings is 2. The Morgan fingerprint density at radius 2 is 1.85 bits per heavy atom. The summed E-state index contributed by atoms with van der Waals surface area (Å²) in [5.74, 6) is 0.309. The van der Waals surface area contributed by atoms with Crippen molar-refractivity contribution in [3.8, 4) is 11.6 Å². The summed E-state index contributed by atoms with van der Waals surface area (Å²) in [6, 6.07) is 18.2. The van der Waals surface area contributed by atoms with Crippen LogP contribution in [0.2, 0.25) is 5.02 Å². The van der Waals surface area contributed by atoms with Crippen molar-refractivity contribution in [1.29, 1.82) is 0 Å². The smallest absolute Gasteiger partial charge is 0.343 e. The van der Waals surface area contributed by atoms with Crippen LogP contribution in [0.5, 0.6) is 5.75 Å². The number of fused-ring (bicyclic) bond motifs is 1. The molecule has 0 spiro atoms. The minimum absolute atomic E-state index is 0.0568. The predicted octanol–water partition coefficient (Wildman–Crippen LogP) is 4.66. The number of para-hydroxylation sites is 1. The van der Waals surface area contributed by atoms with E-state index in [0.717, 1.165) is 10.9 Å². The fourth-order valence-corrected chi connectivity index (χ4v) is 3.29. The van der Waals surface area contributed by atoms with E-state index in [-0.39, 0.29) is 36.9 Å². The van der Waals surface area contributed by atoms with E-state index in [4.69, 9.17) is 21.1 Å². The third kappa shape index (κ3) is 5.30. The van der Waals surface area contributed by atoms with E-state index in [2.05, 4.69) is 15.4 Å². The lowest BCUT2D eigenvalue weighted by Gasteiger charge is -2.11. The number of nitrogens with one attached hydrogen (secondary N) is 1. The molecule has 33 heavy (non-hydrogen) atoms. The molecule has 0 aliphatic carbocycles. The molecule has 0 unspecified atom stereocenters. The van der Waals surface area contributed by atoms with Crippen molar-refractivity contribution in [3.05, 3.63) is 77.4 Å². The first-order chi connectivity index (χ1) is 16.0. The number of halogens is 1. The first-order valence-corrected chi connectivity index (χ1v) is 10.7. The van der Waals surface area contributed by atoms with Gasteiger partial charge in [-0.1, -0.05) is 29.8 Å². The average molecular weight is 465 g/mol. The van der Waals surface area contributed by atoms with Crippen molar-refractivity contribution in [1.82, 2.24) is 14.8 Å². The van der Waals surface area contributed by atoms with Gasteiger partial charge in [0, 0.05) is 10.4 Å². The molecule has 8 nitrogen and oxygen atoms in total. The van der Waals surface area contributed by atoms with Gasteiger partial charge in [-0.2, -0.15) is 9.78 Å². The molecule has 0 aliphatic heterocycles. The molecule has 0 saturated carbocycles. The molecule has 2 heterocycles. The van der Waals surface area contributed by atoms with E-state index in [9.17, 15) is 9.59 Å². The lowest BCUT2D eigenvalue weighted by Crippen LogP contribution is -2.20. The molecule has 4 aromatic rings. The number of carbonyl (C=O) groups is 2. The molecule has 0 bridgehead atoms. The first kappa shape index (κ1) is 22.3. The monoisotopic (exact) mass is 464 g/mol. The van der Waals surface area contributed by atoms with Gasteiger partial charge in [-0.15, -0.1) is 0 Å². The molecule has 0 radical (unpaired) electrons. The Kier molecular flexibility index (Phi) is 6.85. The Morgan fingerprint density at radius 1 is 1.06 bits per heavy atom. The van der Waals surface area contributed by atoms with Gasteiger partial charge in [0.05, 0.1) is 31.3 Å². The first-order valence-electron chi connectivity index (χ1n) is 10.3. The molecule has 0 saturated heterocycles. The summed E-state index contributed by atoms with van der Waals surface area (Å²) >= 11 is 5.87. The van der Waals surface area contributed by atoms with Crippen LogP contribution >= 0.6 is 11.6 Å². The summed E-state index contributed by atoms with van der Waals surface area (Å²) in [6.45, 7) is 2.05. The lowest BCUT2D eigenvalue weighted by molar-refractivity contribution is -0.116. The van der Waals surface area contributed by atoms with Crippen LogP contribution in [-0.4, -0.2) is 39.9 Å². The minimum Gasteiger partial charge on any atom is -0.493 e. The van der Waals surface area contributed by atoms with Crippen molar-refractivity contribution >= 4 is 40.2 Å². The summed E-state index contributed by atoms with van der Waals surface area (Å²) in [7, 11) is 0. The highest BCUT2D eigenvalue weighted by Gasteiger charge is 2.22. The molecule has 0 aliphatic rings. The summed E-state index contributed by atoms with van der Waals surface area (Å²) in [6.07, 6.45) is 1.41. The van der Waals surface area contributed by atoms with Crippen LogP contribution in [0.25, 0.3) is 16.7 Å². The largest absolute Gasteiger partial charge is 0.493 e. The highest BCUT2D eigenvalue weighted by molar-refractivity contribution is 6.30. The molecule has 168 valence electrons. The van der Waals surface area contributed by atoms with Crippen molar-refractivity contribution in [2.45, 2.75) is 13.3 Å². The van der Waals surface area contributed by atoms with Crippen LogP contribution in [-0.2, 0) is 9.53 Å². The molecule has 2 aromatic carbocycles. The number of rotatable bonds is 8. The zero-order valence-electron chi connectivity index (χ0n) is 17.8. The summed E-state index contributed by atoms with van der Waals surface area (Å²) in [5.41, 5.74) is 0.899. The molecular formula is C24H21ClN4O4. The molecule has 1 N–H and O–H groups in total. The lowest BCUT2D eigenvalue weighted by atomic mass is 10.2. The fourth-order valence-electron chi connectivity index (χ4n) is 3.16. The van der Waals surface area contributed by atoms with Crippen LogP contribution in [0.3, 0.4) is 0 Å². The van der Waals surface area contributed by atoms with Gasteiger partial charge in [0.15, 0.2) is 11.6 Å². The molecular weight excluding hydrogens is 444 g/mol. The standard InChI is InChI=1S/C24H21ClN4O4/c1-2-32-24(31)19-15-26-29(21-12-7-16-5-3-4-6-20(16)27-21)23(19)28-22(30)13-14-33-18-10-8-17(25)9-11-18/h3-12,15H,2,13-14H2,1H3,(H,28,30). The van der Waals surface area contributed by atoms with Gasteiger partial charge in [0.25, 0.3) is 0 Å². The van der Waals surface area contributed by atoms with Gasteiger partial charge < -0.3 is 14.8 Å². The van der Waals surface area contributed by atoms with Gasteiger partial charge in [0.1, 0.15) is 11.3 Å². The molecule has 2 aromatic heterocycles. The van der Waals surface area contributed by atoms with Crippen molar-refractivity contribution in [3.63, 3.8) is 0 Å². The van der Waals surface area contributed by atoms with E-state index in [1.165, 1.54) is 10.9 Å². The van der Waals surface area contributed by atoms with E-state index in [0.29, 0.717) is 16.6 Å². The van der Waals surface area contributed by atoms with Crippen molar-refractivity contribution in [2.24, 2.45) is 0 Å². The highest BCUT2D eigenvalue weighted by atomic mass is 35.5. The van der Waals surface area contributed by atoms with Gasteiger partial charge >= 0.3 is 5.97 Å². The van der Waals surface area contributed by atoms with E-state index >= 15 is 0 Å². The number of nitrogens with zero attached hydrogens (tertiary/aromatic N) is 3. The van der Waals surface area contributed by atoms with E-state index in [1.54, 1.807) is 37.3 Å². The van der Waals surface area contributed by atoms with Crippen LogP contribution < -0.4 is 10.1 Å². The maximum Gasteiger partial charge on any atom is 0.343 e. The van der Waals surface area contributed by atoms with Crippen molar-refractivity contribution in [2.75, 3.05) is 18.5 Å². The molecule has 0 fully saturated rings. The predicted molar refractivity (Wildman–Crippen MR) is 125 cm³/mol. The number of hydrogen-bond donors (Lipinski definition) is 1.